The van der Waals surface area contributed by atoms with E-state index in [2.05, 4.69) is 0 Å². The number of nitrogens with zero attached hydrogens (tertiary/aromatic N) is 1. The van der Waals surface area contributed by atoms with E-state index < -0.39 is 23.3 Å². The van der Waals surface area contributed by atoms with Gasteiger partial charge in [0.2, 0.25) is 0 Å². The summed E-state index contributed by atoms with van der Waals surface area (Å²) in [4.78, 5) is 13.9. The van der Waals surface area contributed by atoms with Crippen LogP contribution in [0, 0.1) is 0 Å². The maximum atomic E-state index is 12.8. The minimum Gasteiger partial charge on any atom is -0.398 e. The fourth-order valence-corrected chi connectivity index (χ4v) is 2.32. The molecule has 116 valence electrons. The summed E-state index contributed by atoms with van der Waals surface area (Å²) < 4.78 is 43.9. The minimum absolute atomic E-state index is 0.0882. The molecule has 0 aliphatic carbocycles. The van der Waals surface area contributed by atoms with Crippen molar-refractivity contribution in [2.24, 2.45) is 0 Å². The lowest BCUT2D eigenvalue weighted by Gasteiger charge is -2.33. The number of nitrogen functional groups attached to an aromatic ring is 1. The van der Waals surface area contributed by atoms with Gasteiger partial charge in [0.15, 0.2) is 0 Å². The van der Waals surface area contributed by atoms with Crippen LogP contribution in [0.5, 0.6) is 0 Å². The van der Waals surface area contributed by atoms with E-state index >= 15 is 0 Å². The number of rotatable bonds is 2. The summed E-state index contributed by atoms with van der Waals surface area (Å²) in [7, 11) is 0. The van der Waals surface area contributed by atoms with Gasteiger partial charge >= 0.3 is 6.18 Å². The number of halogens is 3. The van der Waals surface area contributed by atoms with Crippen LogP contribution in [0.1, 0.15) is 29.3 Å². The molecule has 1 aliphatic rings. The monoisotopic (exact) mass is 302 g/mol. The Morgan fingerprint density at radius 3 is 2.81 bits per heavy atom. The zero-order valence-electron chi connectivity index (χ0n) is 11.6. The maximum absolute atomic E-state index is 12.8. The molecule has 21 heavy (non-hydrogen) atoms. The van der Waals surface area contributed by atoms with Gasteiger partial charge in [0.05, 0.1) is 29.5 Å². The fourth-order valence-electron chi connectivity index (χ4n) is 2.32. The normalized spacial score (nSPS) is 19.6. The van der Waals surface area contributed by atoms with Crippen molar-refractivity contribution in [2.75, 3.05) is 25.4 Å². The Kier molecular flexibility index (Phi) is 4.41. The van der Waals surface area contributed by atoms with E-state index in [0.717, 1.165) is 12.5 Å². The number of hydrogen-bond acceptors (Lipinski definition) is 3. The van der Waals surface area contributed by atoms with Crippen molar-refractivity contribution in [3.63, 3.8) is 0 Å². The first-order valence-corrected chi connectivity index (χ1v) is 6.71. The van der Waals surface area contributed by atoms with Gasteiger partial charge in [0.1, 0.15) is 0 Å². The first kappa shape index (κ1) is 15.6. The van der Waals surface area contributed by atoms with E-state index in [9.17, 15) is 18.0 Å². The third-order valence-corrected chi connectivity index (χ3v) is 3.52. The van der Waals surface area contributed by atoms with Crippen LogP contribution in [0.15, 0.2) is 18.2 Å². The van der Waals surface area contributed by atoms with E-state index in [4.69, 9.17) is 10.5 Å². The van der Waals surface area contributed by atoms with Gasteiger partial charge in [-0.3, -0.25) is 4.79 Å². The number of anilines is 1. The molecule has 1 unspecified atom stereocenters. The van der Waals surface area contributed by atoms with E-state index in [1.54, 1.807) is 0 Å². The Labute approximate surface area is 120 Å². The molecule has 1 amide bonds. The molecule has 1 saturated heterocycles. The number of morpholine rings is 1. The predicted molar refractivity (Wildman–Crippen MR) is 71.8 cm³/mol. The van der Waals surface area contributed by atoms with E-state index in [1.165, 1.54) is 17.0 Å². The lowest BCUT2D eigenvalue weighted by atomic mass is 10.1. The highest BCUT2D eigenvalue weighted by Crippen LogP contribution is 2.35. The Morgan fingerprint density at radius 1 is 1.48 bits per heavy atom. The van der Waals surface area contributed by atoms with Gasteiger partial charge in [0, 0.05) is 13.1 Å². The highest BCUT2D eigenvalue weighted by molar-refractivity contribution is 6.00. The second-order valence-corrected chi connectivity index (χ2v) is 4.92. The predicted octanol–water partition coefficient (Wildman–Crippen LogP) is 2.54. The lowest BCUT2D eigenvalue weighted by Crippen LogP contribution is -2.45. The van der Waals surface area contributed by atoms with Crippen molar-refractivity contribution in [3.05, 3.63) is 29.3 Å². The van der Waals surface area contributed by atoms with Gasteiger partial charge in [-0.1, -0.05) is 13.0 Å². The van der Waals surface area contributed by atoms with E-state index in [-0.39, 0.29) is 11.7 Å². The highest BCUT2D eigenvalue weighted by atomic mass is 19.4. The van der Waals surface area contributed by atoms with Crippen molar-refractivity contribution in [2.45, 2.75) is 25.6 Å². The third-order valence-electron chi connectivity index (χ3n) is 3.52. The number of carbonyl (C=O) groups excluding carboxylic acids is 1. The number of benzene rings is 1. The first-order chi connectivity index (χ1) is 9.84. The fraction of sp³-hybridized carbons (Fsp3) is 0.500. The molecule has 1 aromatic rings. The SMILES string of the molecule is CCC1CN(C(=O)c2cccc(C(F)(F)F)c2N)CCO1. The summed E-state index contributed by atoms with van der Waals surface area (Å²) in [5.74, 6) is -0.486. The molecule has 2 N–H and O–H groups in total. The molecule has 2 rings (SSSR count). The summed E-state index contributed by atoms with van der Waals surface area (Å²) in [5, 5.41) is 0. The van der Waals surface area contributed by atoms with Crippen LogP contribution in [0.25, 0.3) is 0 Å². The average Bonchev–Trinajstić information content (AvgIpc) is 2.45. The quantitative estimate of drug-likeness (QED) is 0.854. The van der Waals surface area contributed by atoms with Gasteiger partial charge < -0.3 is 15.4 Å². The Balaban J connectivity index is 2.27. The van der Waals surface area contributed by atoms with Gasteiger partial charge in [-0.15, -0.1) is 0 Å². The number of alkyl halides is 3. The number of hydrogen-bond donors (Lipinski definition) is 1. The van der Waals surface area contributed by atoms with Crippen LogP contribution in [0.4, 0.5) is 18.9 Å². The Morgan fingerprint density at radius 2 is 2.19 bits per heavy atom. The molecule has 4 nitrogen and oxygen atoms in total. The molecule has 0 aromatic heterocycles. The maximum Gasteiger partial charge on any atom is 0.418 e. The number of carbonyl (C=O) groups is 1. The second-order valence-electron chi connectivity index (χ2n) is 4.92. The molecular formula is C14H17F3N2O2. The minimum atomic E-state index is -4.57. The first-order valence-electron chi connectivity index (χ1n) is 6.71. The summed E-state index contributed by atoms with van der Waals surface area (Å²) in [6.45, 7) is 3.02. The largest absolute Gasteiger partial charge is 0.418 e. The van der Waals surface area contributed by atoms with Crippen molar-refractivity contribution in [1.29, 1.82) is 0 Å². The van der Waals surface area contributed by atoms with Gasteiger partial charge in [0.25, 0.3) is 5.91 Å². The molecule has 0 saturated carbocycles. The van der Waals surface area contributed by atoms with Crippen LogP contribution in [-0.4, -0.2) is 36.6 Å². The van der Waals surface area contributed by atoms with Crippen molar-refractivity contribution in [3.8, 4) is 0 Å². The van der Waals surface area contributed by atoms with E-state index in [0.29, 0.717) is 19.7 Å². The van der Waals surface area contributed by atoms with Crippen molar-refractivity contribution in [1.82, 2.24) is 4.90 Å². The van der Waals surface area contributed by atoms with Gasteiger partial charge in [-0.2, -0.15) is 13.2 Å². The van der Waals surface area contributed by atoms with Crippen LogP contribution >= 0.6 is 0 Å². The average molecular weight is 302 g/mol. The van der Waals surface area contributed by atoms with Crippen LogP contribution in [0.3, 0.4) is 0 Å². The third kappa shape index (κ3) is 3.29. The molecule has 1 aliphatic heterocycles. The number of ether oxygens (including phenoxy) is 1. The standard InChI is InChI=1S/C14H17F3N2O2/c1-2-9-8-19(6-7-21-9)13(20)10-4-3-5-11(12(10)18)14(15,16)17/h3-5,9H,2,6-8,18H2,1H3. The molecule has 1 heterocycles. The lowest BCUT2D eigenvalue weighted by molar-refractivity contribution is -0.136. The second kappa shape index (κ2) is 5.93. The van der Waals surface area contributed by atoms with E-state index in [1.807, 2.05) is 6.92 Å². The Hall–Kier alpha value is -1.76. The van der Waals surface area contributed by atoms with Gasteiger partial charge in [-0.05, 0) is 18.6 Å². The highest BCUT2D eigenvalue weighted by Gasteiger charge is 2.35. The molecular weight excluding hydrogens is 285 g/mol. The Bertz CT molecular complexity index is 531. The molecule has 7 heteroatoms. The molecule has 1 fully saturated rings. The molecule has 0 radical (unpaired) electrons. The molecule has 1 atom stereocenters. The molecule has 1 aromatic carbocycles. The number of para-hydroxylation sites is 1. The van der Waals surface area contributed by atoms with Crippen LogP contribution < -0.4 is 5.73 Å². The summed E-state index contributed by atoms with van der Waals surface area (Å²) in [6, 6.07) is 3.40. The smallest absolute Gasteiger partial charge is 0.398 e. The van der Waals surface area contributed by atoms with Gasteiger partial charge in [-0.25, -0.2) is 0 Å². The summed E-state index contributed by atoms with van der Waals surface area (Å²) in [5.41, 5.74) is 3.94. The summed E-state index contributed by atoms with van der Waals surface area (Å²) >= 11 is 0. The molecule has 0 spiro atoms. The van der Waals surface area contributed by atoms with Crippen LogP contribution in [-0.2, 0) is 10.9 Å². The van der Waals surface area contributed by atoms with Crippen molar-refractivity contribution < 1.29 is 22.7 Å². The molecule has 0 bridgehead atoms. The zero-order chi connectivity index (χ0) is 15.6. The summed E-state index contributed by atoms with van der Waals surface area (Å²) in [6.07, 6.45) is -3.92. The zero-order valence-corrected chi connectivity index (χ0v) is 11.6. The number of nitrogens with two attached hydrogens (primary N) is 1. The van der Waals surface area contributed by atoms with Crippen LogP contribution in [0.2, 0.25) is 0 Å². The van der Waals surface area contributed by atoms with Crippen molar-refractivity contribution >= 4 is 11.6 Å². The topological polar surface area (TPSA) is 55.6 Å². The number of amides is 1.